The first kappa shape index (κ1) is 12.1. The van der Waals surface area contributed by atoms with E-state index >= 15 is 0 Å². The molecule has 1 rings (SSSR count). The number of hydrogen-bond acceptors (Lipinski definition) is 2. The van der Waals surface area contributed by atoms with Crippen molar-refractivity contribution in [1.82, 2.24) is 0 Å². The molecule has 0 radical (unpaired) electrons. The molecule has 1 aromatic carbocycles. The average molecular weight is 182 g/mol. The van der Waals surface area contributed by atoms with Crippen LogP contribution < -0.4 is 0 Å². The zero-order valence-electron chi connectivity index (χ0n) is 8.49. The summed E-state index contributed by atoms with van der Waals surface area (Å²) in [5.74, 6) is 0. The van der Waals surface area contributed by atoms with E-state index in [2.05, 4.69) is 51.1 Å². The van der Waals surface area contributed by atoms with Gasteiger partial charge in [-0.25, -0.2) is 0 Å². The Balaban J connectivity index is 0.000000671. The predicted molar refractivity (Wildman–Crippen MR) is 55.0 cm³/mol. The molecule has 0 aliphatic carbocycles. The second-order valence-electron chi connectivity index (χ2n) is 3.60. The van der Waals surface area contributed by atoms with Crippen LogP contribution in [0.3, 0.4) is 0 Å². The van der Waals surface area contributed by atoms with Crippen LogP contribution in [0, 0.1) is 0 Å². The van der Waals surface area contributed by atoms with Gasteiger partial charge in [-0.3, -0.25) is 10.5 Å². The van der Waals surface area contributed by atoms with Crippen LogP contribution in [-0.4, -0.2) is 10.5 Å². The van der Waals surface area contributed by atoms with Gasteiger partial charge in [0.05, 0.1) is 0 Å². The van der Waals surface area contributed by atoms with Crippen LogP contribution in [0.5, 0.6) is 0 Å². The highest BCUT2D eigenvalue weighted by molar-refractivity contribution is 5.22. The molecule has 2 N–H and O–H groups in total. The van der Waals surface area contributed by atoms with Gasteiger partial charge in [-0.05, 0) is 17.4 Å². The third kappa shape index (κ3) is 3.57. The highest BCUT2D eigenvalue weighted by Gasteiger charge is 2.16. The molecular weight excluding hydrogens is 164 g/mol. The van der Waals surface area contributed by atoms with E-state index < -0.39 is 0 Å². The van der Waals surface area contributed by atoms with E-state index in [4.69, 9.17) is 10.5 Å². The van der Waals surface area contributed by atoms with E-state index in [0.29, 0.717) is 5.41 Å². The van der Waals surface area contributed by atoms with E-state index in [1.54, 1.807) is 0 Å². The van der Waals surface area contributed by atoms with Gasteiger partial charge in [0.25, 0.3) is 0 Å². The van der Waals surface area contributed by atoms with Crippen molar-refractivity contribution in [3.05, 3.63) is 35.9 Å². The van der Waals surface area contributed by atoms with Gasteiger partial charge in [0.2, 0.25) is 0 Å². The predicted octanol–water partition coefficient (Wildman–Crippen LogP) is 3.39. The van der Waals surface area contributed by atoms with Gasteiger partial charge in [-0.1, -0.05) is 51.1 Å². The minimum atomic E-state index is 0.335. The van der Waals surface area contributed by atoms with Crippen LogP contribution in [0.1, 0.15) is 32.8 Å². The zero-order valence-corrected chi connectivity index (χ0v) is 8.49. The summed E-state index contributed by atoms with van der Waals surface area (Å²) in [7, 11) is 0. The van der Waals surface area contributed by atoms with Crippen LogP contribution in [0.25, 0.3) is 0 Å². The smallest absolute Gasteiger partial charge is 0.0106 e. The van der Waals surface area contributed by atoms with Crippen molar-refractivity contribution in [2.75, 3.05) is 0 Å². The third-order valence-corrected chi connectivity index (χ3v) is 2.44. The lowest BCUT2D eigenvalue weighted by Gasteiger charge is -2.22. The summed E-state index contributed by atoms with van der Waals surface area (Å²) >= 11 is 0. The Morgan fingerprint density at radius 2 is 1.54 bits per heavy atom. The SMILES string of the molecule is CCC(C)(C)c1ccccc1.OO. The largest absolute Gasteiger partial charge is 0.255 e. The lowest BCUT2D eigenvalue weighted by atomic mass is 9.82. The minimum absolute atomic E-state index is 0.335. The van der Waals surface area contributed by atoms with Crippen molar-refractivity contribution in [3.8, 4) is 0 Å². The summed E-state index contributed by atoms with van der Waals surface area (Å²) < 4.78 is 0. The molecule has 0 heterocycles. The van der Waals surface area contributed by atoms with Crippen LogP contribution in [0.15, 0.2) is 30.3 Å². The second-order valence-corrected chi connectivity index (χ2v) is 3.60. The van der Waals surface area contributed by atoms with Crippen molar-refractivity contribution < 1.29 is 10.5 Å². The molecule has 2 nitrogen and oxygen atoms in total. The molecule has 0 fully saturated rings. The normalized spacial score (nSPS) is 10.2. The monoisotopic (exact) mass is 182 g/mol. The topological polar surface area (TPSA) is 40.5 Å². The molecule has 0 spiro atoms. The van der Waals surface area contributed by atoms with Crippen LogP contribution in [-0.2, 0) is 5.41 Å². The van der Waals surface area contributed by atoms with Crippen molar-refractivity contribution >= 4 is 0 Å². The summed E-state index contributed by atoms with van der Waals surface area (Å²) in [4.78, 5) is 0. The second kappa shape index (κ2) is 5.73. The van der Waals surface area contributed by atoms with Gasteiger partial charge in [-0.15, -0.1) is 0 Å². The molecule has 0 aliphatic heterocycles. The molecule has 0 unspecified atom stereocenters. The van der Waals surface area contributed by atoms with Crippen molar-refractivity contribution in [2.24, 2.45) is 0 Å². The van der Waals surface area contributed by atoms with Crippen molar-refractivity contribution in [2.45, 2.75) is 32.6 Å². The maximum absolute atomic E-state index is 6.00. The Morgan fingerprint density at radius 3 is 1.92 bits per heavy atom. The number of hydrogen-bond donors (Lipinski definition) is 2. The summed E-state index contributed by atoms with van der Waals surface area (Å²) in [5.41, 5.74) is 1.77. The summed E-state index contributed by atoms with van der Waals surface area (Å²) in [6, 6.07) is 10.7. The van der Waals surface area contributed by atoms with Gasteiger partial charge in [0.1, 0.15) is 0 Å². The molecule has 0 aromatic heterocycles. The van der Waals surface area contributed by atoms with E-state index in [1.165, 1.54) is 12.0 Å². The van der Waals surface area contributed by atoms with Crippen molar-refractivity contribution in [3.63, 3.8) is 0 Å². The third-order valence-electron chi connectivity index (χ3n) is 2.44. The van der Waals surface area contributed by atoms with Gasteiger partial charge >= 0.3 is 0 Å². The first-order valence-electron chi connectivity index (χ1n) is 4.42. The minimum Gasteiger partial charge on any atom is -0.255 e. The van der Waals surface area contributed by atoms with Gasteiger partial charge < -0.3 is 0 Å². The Kier molecular flexibility index (Phi) is 5.35. The molecule has 0 saturated carbocycles. The standard InChI is InChI=1S/C11H16.H2O2/c1-4-11(2,3)10-8-6-5-7-9-10;1-2/h5-9H,4H2,1-3H3;1-2H. The van der Waals surface area contributed by atoms with Gasteiger partial charge in [0.15, 0.2) is 0 Å². The zero-order chi connectivity index (χ0) is 10.3. The van der Waals surface area contributed by atoms with E-state index in [9.17, 15) is 0 Å². The summed E-state index contributed by atoms with van der Waals surface area (Å²) in [6.45, 7) is 6.79. The van der Waals surface area contributed by atoms with Crippen LogP contribution in [0.2, 0.25) is 0 Å². The van der Waals surface area contributed by atoms with Gasteiger partial charge in [0, 0.05) is 0 Å². The van der Waals surface area contributed by atoms with Crippen LogP contribution >= 0.6 is 0 Å². The maximum Gasteiger partial charge on any atom is -0.0106 e. The Morgan fingerprint density at radius 1 is 1.08 bits per heavy atom. The highest BCUT2D eigenvalue weighted by atomic mass is 17.0. The average Bonchev–Trinajstić information content (AvgIpc) is 2.22. The number of benzene rings is 1. The molecule has 0 bridgehead atoms. The first-order chi connectivity index (χ1) is 6.17. The van der Waals surface area contributed by atoms with Crippen LogP contribution in [0.4, 0.5) is 0 Å². The molecular formula is C11H18O2. The molecule has 2 heteroatoms. The summed E-state index contributed by atoms with van der Waals surface area (Å²) in [5, 5.41) is 12.0. The molecule has 13 heavy (non-hydrogen) atoms. The van der Waals surface area contributed by atoms with E-state index in [0.717, 1.165) is 0 Å². The van der Waals surface area contributed by atoms with E-state index in [1.807, 2.05) is 0 Å². The first-order valence-corrected chi connectivity index (χ1v) is 4.42. The Bertz CT molecular complexity index is 217. The van der Waals surface area contributed by atoms with E-state index in [-0.39, 0.29) is 0 Å². The van der Waals surface area contributed by atoms with Crippen molar-refractivity contribution in [1.29, 1.82) is 0 Å². The molecule has 0 saturated heterocycles. The lowest BCUT2D eigenvalue weighted by molar-refractivity contribution is -0.176. The molecule has 0 aliphatic rings. The Hall–Kier alpha value is -0.860. The Labute approximate surface area is 79.8 Å². The quantitative estimate of drug-likeness (QED) is 0.543. The fourth-order valence-electron chi connectivity index (χ4n) is 1.09. The highest BCUT2D eigenvalue weighted by Crippen LogP contribution is 2.25. The summed E-state index contributed by atoms with van der Waals surface area (Å²) in [6.07, 6.45) is 1.19. The maximum atomic E-state index is 6.00. The van der Waals surface area contributed by atoms with Gasteiger partial charge in [-0.2, -0.15) is 0 Å². The fourth-order valence-corrected chi connectivity index (χ4v) is 1.09. The molecule has 0 atom stereocenters. The number of rotatable bonds is 2. The molecule has 1 aromatic rings. The molecule has 74 valence electrons. The fraction of sp³-hybridized carbons (Fsp3) is 0.455. The molecule has 0 amide bonds. The lowest BCUT2D eigenvalue weighted by Crippen LogP contribution is -2.14.